The molecule has 2 aromatic rings. The highest BCUT2D eigenvalue weighted by Crippen LogP contribution is 2.33. The second-order valence-electron chi connectivity index (χ2n) is 6.23. The van der Waals surface area contributed by atoms with E-state index in [0.717, 1.165) is 24.0 Å². The van der Waals surface area contributed by atoms with E-state index in [1.54, 1.807) is 0 Å². The molecule has 0 amide bonds. The molecule has 0 radical (unpaired) electrons. The lowest BCUT2D eigenvalue weighted by Gasteiger charge is -2.33. The number of quaternary nitrogens is 1. The Hall–Kier alpha value is -2.45. The number of benzene rings is 1. The van der Waals surface area contributed by atoms with Gasteiger partial charge in [0.05, 0.1) is 43.2 Å². The van der Waals surface area contributed by atoms with Gasteiger partial charge in [-0.05, 0) is 13.0 Å². The van der Waals surface area contributed by atoms with E-state index in [1.807, 2.05) is 36.1 Å². The Labute approximate surface area is 145 Å². The van der Waals surface area contributed by atoms with Gasteiger partial charge in [-0.3, -0.25) is 14.9 Å². The second-order valence-corrected chi connectivity index (χ2v) is 6.23. The fraction of sp³-hybridized carbons (Fsp3) is 0.471. The summed E-state index contributed by atoms with van der Waals surface area (Å²) in [5.41, 5.74) is 0.261. The smallest absolute Gasteiger partial charge is 0.357 e. The number of aliphatic hydroxyl groups excluding tert-OH is 1. The molecule has 8 heteroatoms. The third-order valence-corrected chi connectivity index (χ3v) is 4.87. The monoisotopic (exact) mass is 347 g/mol. The van der Waals surface area contributed by atoms with Gasteiger partial charge < -0.3 is 19.5 Å². The van der Waals surface area contributed by atoms with E-state index in [2.05, 4.69) is 0 Å². The molecule has 1 aromatic heterocycles. The van der Waals surface area contributed by atoms with Gasteiger partial charge in [0, 0.05) is 11.9 Å². The van der Waals surface area contributed by atoms with Crippen LogP contribution in [0.2, 0.25) is 0 Å². The van der Waals surface area contributed by atoms with Gasteiger partial charge in [0.2, 0.25) is 0 Å². The number of nitrogens with zero attached hydrogens (tertiary/aromatic N) is 3. The van der Waals surface area contributed by atoms with Crippen molar-refractivity contribution in [1.82, 2.24) is 4.57 Å². The van der Waals surface area contributed by atoms with E-state index < -0.39 is 10.5 Å². The molecule has 0 saturated carbocycles. The lowest BCUT2D eigenvalue weighted by molar-refractivity contribution is -0.900. The quantitative estimate of drug-likeness (QED) is 0.568. The zero-order chi connectivity index (χ0) is 18.0. The molecule has 8 nitrogen and oxygen atoms in total. The average molecular weight is 347 g/mol. The summed E-state index contributed by atoms with van der Waals surface area (Å²) in [6.07, 6.45) is 0. The van der Waals surface area contributed by atoms with Crippen molar-refractivity contribution in [3.63, 3.8) is 0 Å². The molecule has 1 fully saturated rings. The molecular weight excluding hydrogens is 324 g/mol. The molecule has 1 aliphatic heterocycles. The molecule has 2 heterocycles. The minimum absolute atomic E-state index is 0.130. The molecule has 3 rings (SSSR count). The Balaban J connectivity index is 2.15. The van der Waals surface area contributed by atoms with E-state index >= 15 is 0 Å². The summed E-state index contributed by atoms with van der Waals surface area (Å²) < 4.78 is 1.46. The number of hydrogen-bond donors (Lipinski definition) is 2. The standard InChI is InChI=1S/C17H22N4O4/c1-2-20-14-6-4-3-5-13(14)15(16(17(20)23)21(24)25)19-9-7-18(8-10-19)11-12-22/h3-6,22H,2,7-12H2,1H3/p+1. The van der Waals surface area contributed by atoms with Gasteiger partial charge in [-0.1, -0.05) is 18.2 Å². The van der Waals surface area contributed by atoms with Crippen molar-refractivity contribution in [2.24, 2.45) is 0 Å². The number of pyridine rings is 1. The van der Waals surface area contributed by atoms with Crippen molar-refractivity contribution in [3.05, 3.63) is 44.7 Å². The number of fused-ring (bicyclic) bond motifs is 1. The first-order valence-electron chi connectivity index (χ1n) is 8.57. The van der Waals surface area contributed by atoms with Crippen LogP contribution in [-0.2, 0) is 6.54 Å². The summed E-state index contributed by atoms with van der Waals surface area (Å²) in [5.74, 6) is 0. The Morgan fingerprint density at radius 3 is 2.56 bits per heavy atom. The summed E-state index contributed by atoms with van der Waals surface area (Å²) in [6, 6.07) is 7.36. The molecular formula is C17H23N4O4+. The van der Waals surface area contributed by atoms with Crippen LogP contribution in [-0.4, -0.2) is 53.9 Å². The first kappa shape index (κ1) is 17.4. The number of aliphatic hydroxyl groups is 1. The van der Waals surface area contributed by atoms with Gasteiger partial charge >= 0.3 is 11.2 Å². The first-order chi connectivity index (χ1) is 12.1. The highest BCUT2D eigenvalue weighted by atomic mass is 16.6. The highest BCUT2D eigenvalue weighted by molar-refractivity contribution is 5.96. The Bertz CT molecular complexity index is 840. The van der Waals surface area contributed by atoms with Gasteiger partial charge in [-0.15, -0.1) is 0 Å². The molecule has 0 spiro atoms. The van der Waals surface area contributed by atoms with Gasteiger partial charge in [0.15, 0.2) is 0 Å². The second kappa shape index (κ2) is 7.20. The van der Waals surface area contributed by atoms with Crippen LogP contribution in [0.15, 0.2) is 29.1 Å². The summed E-state index contributed by atoms with van der Waals surface area (Å²) in [5, 5.41) is 21.5. The minimum Gasteiger partial charge on any atom is -0.391 e. The number of nitro groups is 1. The number of aromatic nitrogens is 1. The van der Waals surface area contributed by atoms with Crippen molar-refractivity contribution in [1.29, 1.82) is 0 Å². The number of anilines is 1. The topological polar surface area (TPSA) is 93.0 Å². The van der Waals surface area contributed by atoms with Crippen LogP contribution < -0.4 is 15.4 Å². The van der Waals surface area contributed by atoms with Gasteiger partial charge in [-0.25, -0.2) is 0 Å². The summed E-state index contributed by atoms with van der Waals surface area (Å²) in [7, 11) is 0. The molecule has 134 valence electrons. The summed E-state index contributed by atoms with van der Waals surface area (Å²) >= 11 is 0. The Morgan fingerprint density at radius 2 is 1.96 bits per heavy atom. The zero-order valence-electron chi connectivity index (χ0n) is 14.3. The minimum atomic E-state index is -0.552. The van der Waals surface area contributed by atoms with E-state index in [-0.39, 0.29) is 12.3 Å². The van der Waals surface area contributed by atoms with Crippen molar-refractivity contribution in [2.75, 3.05) is 44.2 Å². The normalized spacial score (nSPS) is 15.7. The van der Waals surface area contributed by atoms with Crippen molar-refractivity contribution in [3.8, 4) is 0 Å². The summed E-state index contributed by atoms with van der Waals surface area (Å²) in [4.78, 5) is 27.1. The van der Waals surface area contributed by atoms with Crippen LogP contribution in [0.3, 0.4) is 0 Å². The lowest BCUT2D eigenvalue weighted by Crippen LogP contribution is -3.15. The van der Waals surface area contributed by atoms with Crippen LogP contribution in [0.1, 0.15) is 6.92 Å². The first-order valence-corrected chi connectivity index (χ1v) is 8.57. The Kier molecular flexibility index (Phi) is 5.00. The predicted octanol–water partition coefficient (Wildman–Crippen LogP) is -0.373. The van der Waals surface area contributed by atoms with Gasteiger partial charge in [0.25, 0.3) is 0 Å². The largest absolute Gasteiger partial charge is 0.391 e. The number of para-hydroxylation sites is 1. The van der Waals surface area contributed by atoms with Crippen LogP contribution in [0.4, 0.5) is 11.4 Å². The molecule has 0 unspecified atom stereocenters. The van der Waals surface area contributed by atoms with Crippen molar-refractivity contribution in [2.45, 2.75) is 13.5 Å². The number of piperazine rings is 1. The fourth-order valence-electron chi connectivity index (χ4n) is 3.63. The summed E-state index contributed by atoms with van der Waals surface area (Å²) in [6.45, 7) is 5.81. The molecule has 1 aromatic carbocycles. The average Bonchev–Trinajstić information content (AvgIpc) is 2.61. The van der Waals surface area contributed by atoms with Gasteiger partial charge in [-0.2, -0.15) is 0 Å². The highest BCUT2D eigenvalue weighted by Gasteiger charge is 2.31. The predicted molar refractivity (Wildman–Crippen MR) is 95.4 cm³/mol. The Morgan fingerprint density at radius 1 is 1.28 bits per heavy atom. The van der Waals surface area contributed by atoms with E-state index in [1.165, 1.54) is 9.47 Å². The van der Waals surface area contributed by atoms with E-state index in [0.29, 0.717) is 31.9 Å². The number of rotatable bonds is 5. The maximum atomic E-state index is 12.7. The molecule has 2 N–H and O–H groups in total. The van der Waals surface area contributed by atoms with E-state index in [9.17, 15) is 14.9 Å². The molecule has 0 bridgehead atoms. The fourth-order valence-corrected chi connectivity index (χ4v) is 3.63. The van der Waals surface area contributed by atoms with Crippen LogP contribution in [0.5, 0.6) is 0 Å². The number of aryl methyl sites for hydroxylation is 1. The van der Waals surface area contributed by atoms with E-state index in [4.69, 9.17) is 5.11 Å². The molecule has 0 aliphatic carbocycles. The molecule has 25 heavy (non-hydrogen) atoms. The van der Waals surface area contributed by atoms with Crippen molar-refractivity contribution >= 4 is 22.3 Å². The van der Waals surface area contributed by atoms with Crippen LogP contribution in [0, 0.1) is 10.1 Å². The van der Waals surface area contributed by atoms with Crippen molar-refractivity contribution < 1.29 is 14.9 Å². The van der Waals surface area contributed by atoms with Gasteiger partial charge in [0.1, 0.15) is 12.2 Å². The molecule has 0 atom stereocenters. The van der Waals surface area contributed by atoms with Crippen LogP contribution >= 0.6 is 0 Å². The number of hydrogen-bond acceptors (Lipinski definition) is 5. The SMILES string of the molecule is CCn1c(=O)c([N+](=O)[O-])c(N2CC[NH+](CCO)CC2)c2ccccc21. The number of nitrogens with one attached hydrogen (secondary N) is 1. The molecule has 1 saturated heterocycles. The molecule has 1 aliphatic rings. The maximum absolute atomic E-state index is 12.7. The van der Waals surface area contributed by atoms with Crippen LogP contribution in [0.25, 0.3) is 10.9 Å². The third-order valence-electron chi connectivity index (χ3n) is 4.87. The lowest BCUT2D eigenvalue weighted by atomic mass is 10.1. The third kappa shape index (κ3) is 3.10. The maximum Gasteiger partial charge on any atom is 0.357 e. The zero-order valence-corrected chi connectivity index (χ0v) is 14.3.